The summed E-state index contributed by atoms with van der Waals surface area (Å²) in [6.45, 7) is 0.687. The number of aliphatic hydroxyl groups is 1. The molecule has 0 saturated heterocycles. The fourth-order valence-electron chi connectivity index (χ4n) is 2.77. The maximum atomic E-state index is 12.1. The molecule has 1 aromatic heterocycles. The average molecular weight is 273 g/mol. The van der Waals surface area contributed by atoms with Gasteiger partial charge in [-0.05, 0) is 43.7 Å². The zero-order valence-corrected chi connectivity index (χ0v) is 11.3. The second-order valence-electron chi connectivity index (χ2n) is 5.56. The van der Waals surface area contributed by atoms with E-state index < -0.39 is 0 Å². The summed E-state index contributed by atoms with van der Waals surface area (Å²) in [5.41, 5.74) is 1.52. The average Bonchev–Trinajstić information content (AvgIpc) is 2.93. The Hall–Kier alpha value is -1.88. The van der Waals surface area contributed by atoms with E-state index in [1.54, 1.807) is 6.20 Å². The fraction of sp³-hybridized carbons (Fsp3) is 0.467. The van der Waals surface area contributed by atoms with E-state index in [1.165, 1.54) is 0 Å². The van der Waals surface area contributed by atoms with Crippen LogP contribution in [0.3, 0.4) is 0 Å². The topological polar surface area (TPSA) is 78.0 Å². The SMILES string of the molecule is O=C(NCC1CCC(O)CC1)c1ccc2cn[nH]c2c1. The molecule has 0 unspecified atom stereocenters. The van der Waals surface area contributed by atoms with Crippen LogP contribution in [-0.4, -0.2) is 33.9 Å². The first kappa shape index (κ1) is 13.1. The van der Waals surface area contributed by atoms with Gasteiger partial charge in [-0.15, -0.1) is 0 Å². The summed E-state index contributed by atoms with van der Waals surface area (Å²) < 4.78 is 0. The molecule has 0 aliphatic heterocycles. The van der Waals surface area contributed by atoms with Gasteiger partial charge in [0.15, 0.2) is 0 Å². The van der Waals surface area contributed by atoms with Crippen molar-refractivity contribution in [2.24, 2.45) is 5.92 Å². The summed E-state index contributed by atoms with van der Waals surface area (Å²) in [5.74, 6) is 0.436. The Balaban J connectivity index is 1.58. The summed E-state index contributed by atoms with van der Waals surface area (Å²) >= 11 is 0. The van der Waals surface area contributed by atoms with Gasteiger partial charge < -0.3 is 10.4 Å². The molecule has 3 rings (SSSR count). The van der Waals surface area contributed by atoms with E-state index in [1.807, 2.05) is 18.2 Å². The number of hydrogen-bond donors (Lipinski definition) is 3. The predicted octanol–water partition coefficient (Wildman–Crippen LogP) is 1.84. The monoisotopic (exact) mass is 273 g/mol. The third-order valence-corrected chi connectivity index (χ3v) is 4.07. The highest BCUT2D eigenvalue weighted by Crippen LogP contribution is 2.23. The second-order valence-corrected chi connectivity index (χ2v) is 5.56. The van der Waals surface area contributed by atoms with Gasteiger partial charge in [0.05, 0.1) is 17.8 Å². The molecule has 1 aliphatic carbocycles. The van der Waals surface area contributed by atoms with Crippen molar-refractivity contribution in [1.82, 2.24) is 15.5 Å². The maximum absolute atomic E-state index is 12.1. The van der Waals surface area contributed by atoms with E-state index in [9.17, 15) is 9.90 Å². The molecule has 1 saturated carbocycles. The van der Waals surface area contributed by atoms with Gasteiger partial charge in [0.1, 0.15) is 0 Å². The summed E-state index contributed by atoms with van der Waals surface area (Å²) in [7, 11) is 0. The van der Waals surface area contributed by atoms with Crippen LogP contribution in [0.15, 0.2) is 24.4 Å². The summed E-state index contributed by atoms with van der Waals surface area (Å²) in [6.07, 6.45) is 5.26. The second kappa shape index (κ2) is 5.63. The number of rotatable bonds is 3. The van der Waals surface area contributed by atoms with E-state index in [2.05, 4.69) is 15.5 Å². The van der Waals surface area contributed by atoms with Crippen molar-refractivity contribution in [3.8, 4) is 0 Å². The van der Waals surface area contributed by atoms with Crippen LogP contribution in [0, 0.1) is 5.92 Å². The van der Waals surface area contributed by atoms with Crippen LogP contribution >= 0.6 is 0 Å². The van der Waals surface area contributed by atoms with Crippen molar-refractivity contribution in [2.45, 2.75) is 31.8 Å². The lowest BCUT2D eigenvalue weighted by Crippen LogP contribution is -2.32. The molecule has 0 bridgehead atoms. The number of amides is 1. The zero-order valence-electron chi connectivity index (χ0n) is 11.3. The van der Waals surface area contributed by atoms with E-state index in [0.29, 0.717) is 18.0 Å². The standard InChI is InChI=1S/C15H19N3O2/c19-13-5-1-10(2-6-13)8-16-15(20)11-3-4-12-9-17-18-14(12)7-11/h3-4,7,9-10,13,19H,1-2,5-6,8H2,(H,16,20)(H,17,18). The number of H-pyrrole nitrogens is 1. The van der Waals surface area contributed by atoms with Crippen LogP contribution in [0.4, 0.5) is 0 Å². The third-order valence-electron chi connectivity index (χ3n) is 4.07. The van der Waals surface area contributed by atoms with E-state index in [0.717, 1.165) is 36.6 Å². The number of nitrogens with zero attached hydrogens (tertiary/aromatic N) is 1. The van der Waals surface area contributed by atoms with Gasteiger partial charge in [0.25, 0.3) is 5.91 Å². The van der Waals surface area contributed by atoms with Gasteiger partial charge in [-0.3, -0.25) is 9.89 Å². The summed E-state index contributed by atoms with van der Waals surface area (Å²) in [5, 5.41) is 20.3. The Morgan fingerprint density at radius 2 is 2.15 bits per heavy atom. The number of hydrogen-bond acceptors (Lipinski definition) is 3. The van der Waals surface area contributed by atoms with Crippen LogP contribution in [0.2, 0.25) is 0 Å². The number of benzene rings is 1. The molecule has 5 nitrogen and oxygen atoms in total. The van der Waals surface area contributed by atoms with Gasteiger partial charge in [0.2, 0.25) is 0 Å². The van der Waals surface area contributed by atoms with Crippen molar-refractivity contribution in [3.63, 3.8) is 0 Å². The first-order chi connectivity index (χ1) is 9.72. The molecule has 0 spiro atoms. The highest BCUT2D eigenvalue weighted by atomic mass is 16.3. The molecule has 1 amide bonds. The molecule has 2 aromatic rings. The van der Waals surface area contributed by atoms with Crippen LogP contribution < -0.4 is 5.32 Å². The fourth-order valence-corrected chi connectivity index (χ4v) is 2.77. The predicted molar refractivity (Wildman–Crippen MR) is 76.4 cm³/mol. The number of aromatic amines is 1. The van der Waals surface area contributed by atoms with Gasteiger partial charge in [-0.1, -0.05) is 6.07 Å². The lowest BCUT2D eigenvalue weighted by atomic mass is 9.87. The van der Waals surface area contributed by atoms with E-state index >= 15 is 0 Å². The Labute approximate surface area is 117 Å². The van der Waals surface area contributed by atoms with Crippen molar-refractivity contribution in [2.75, 3.05) is 6.54 Å². The van der Waals surface area contributed by atoms with E-state index in [-0.39, 0.29) is 12.0 Å². The van der Waals surface area contributed by atoms with Crippen molar-refractivity contribution >= 4 is 16.8 Å². The Bertz CT molecular complexity index is 600. The number of carbonyl (C=O) groups is 1. The van der Waals surface area contributed by atoms with Gasteiger partial charge in [-0.25, -0.2) is 0 Å². The number of aliphatic hydroxyl groups excluding tert-OH is 1. The first-order valence-electron chi connectivity index (χ1n) is 7.12. The Morgan fingerprint density at radius 1 is 1.35 bits per heavy atom. The first-order valence-corrected chi connectivity index (χ1v) is 7.12. The molecule has 1 heterocycles. The third kappa shape index (κ3) is 2.82. The molecule has 106 valence electrons. The normalized spacial score (nSPS) is 22.9. The van der Waals surface area contributed by atoms with Gasteiger partial charge in [0, 0.05) is 17.5 Å². The molecular formula is C15H19N3O2. The van der Waals surface area contributed by atoms with Crippen LogP contribution in [-0.2, 0) is 0 Å². The van der Waals surface area contributed by atoms with Crippen molar-refractivity contribution in [1.29, 1.82) is 0 Å². The number of nitrogens with one attached hydrogen (secondary N) is 2. The maximum Gasteiger partial charge on any atom is 0.251 e. The molecule has 3 N–H and O–H groups in total. The summed E-state index contributed by atoms with van der Waals surface area (Å²) in [6, 6.07) is 5.53. The number of fused-ring (bicyclic) bond motifs is 1. The van der Waals surface area contributed by atoms with Crippen molar-refractivity contribution < 1.29 is 9.90 Å². The highest BCUT2D eigenvalue weighted by molar-refractivity contribution is 5.97. The molecule has 0 atom stereocenters. The van der Waals surface area contributed by atoms with Crippen LogP contribution in [0.25, 0.3) is 10.9 Å². The zero-order chi connectivity index (χ0) is 13.9. The Kier molecular flexibility index (Phi) is 3.69. The lowest BCUT2D eigenvalue weighted by Gasteiger charge is -2.25. The largest absolute Gasteiger partial charge is 0.393 e. The van der Waals surface area contributed by atoms with Crippen LogP contribution in [0.1, 0.15) is 36.0 Å². The quantitative estimate of drug-likeness (QED) is 0.798. The molecule has 1 aliphatic rings. The number of carbonyl (C=O) groups excluding carboxylic acids is 1. The molecule has 1 fully saturated rings. The van der Waals surface area contributed by atoms with Crippen LogP contribution in [0.5, 0.6) is 0 Å². The molecule has 5 heteroatoms. The van der Waals surface area contributed by atoms with E-state index in [4.69, 9.17) is 0 Å². The Morgan fingerprint density at radius 3 is 2.95 bits per heavy atom. The summed E-state index contributed by atoms with van der Waals surface area (Å²) in [4.78, 5) is 12.1. The minimum atomic E-state index is -0.148. The minimum Gasteiger partial charge on any atom is -0.393 e. The van der Waals surface area contributed by atoms with Gasteiger partial charge in [-0.2, -0.15) is 5.10 Å². The highest BCUT2D eigenvalue weighted by Gasteiger charge is 2.20. The van der Waals surface area contributed by atoms with Crippen molar-refractivity contribution in [3.05, 3.63) is 30.0 Å². The number of aromatic nitrogens is 2. The minimum absolute atomic E-state index is 0.0485. The molecular weight excluding hydrogens is 254 g/mol. The van der Waals surface area contributed by atoms with Gasteiger partial charge >= 0.3 is 0 Å². The molecule has 20 heavy (non-hydrogen) atoms. The lowest BCUT2D eigenvalue weighted by molar-refractivity contribution is 0.0910. The molecule has 0 radical (unpaired) electrons. The smallest absolute Gasteiger partial charge is 0.251 e. The molecule has 1 aromatic carbocycles.